The summed E-state index contributed by atoms with van der Waals surface area (Å²) in [6, 6.07) is 17.5. The van der Waals surface area contributed by atoms with E-state index in [-0.39, 0.29) is 6.03 Å². The number of carbonyl (C=O) groups is 1. The minimum atomic E-state index is -0.218. The van der Waals surface area contributed by atoms with E-state index in [1.807, 2.05) is 43.4 Å². The van der Waals surface area contributed by atoms with E-state index in [4.69, 9.17) is 4.98 Å². The van der Waals surface area contributed by atoms with Gasteiger partial charge in [-0.1, -0.05) is 29.8 Å². The second kappa shape index (κ2) is 7.68. The van der Waals surface area contributed by atoms with Crippen molar-refractivity contribution >= 4 is 23.4 Å². The Balaban J connectivity index is 1.72. The highest BCUT2D eigenvalue weighted by atomic mass is 16.2. The molecule has 0 spiro atoms. The maximum atomic E-state index is 13.0. The molecule has 4 rings (SSSR count). The summed E-state index contributed by atoms with van der Waals surface area (Å²) in [6.45, 7) is 3.53. The van der Waals surface area contributed by atoms with Crippen LogP contribution in [0.5, 0.6) is 0 Å². The lowest BCUT2D eigenvalue weighted by molar-refractivity contribution is 0.256. The highest BCUT2D eigenvalue weighted by Crippen LogP contribution is 2.33. The average molecular weight is 373 g/mol. The molecular weight excluding hydrogens is 350 g/mol. The molecule has 3 aromatic rings. The maximum absolute atomic E-state index is 13.0. The van der Waals surface area contributed by atoms with Crippen molar-refractivity contribution < 1.29 is 4.79 Å². The van der Waals surface area contributed by atoms with E-state index in [1.54, 1.807) is 17.2 Å². The van der Waals surface area contributed by atoms with Gasteiger partial charge in [0.25, 0.3) is 0 Å². The predicted octanol–water partition coefficient (Wildman–Crippen LogP) is 4.33. The Kier molecular flexibility index (Phi) is 4.93. The van der Waals surface area contributed by atoms with E-state index in [0.29, 0.717) is 18.2 Å². The molecule has 1 aliphatic rings. The largest absolute Gasteiger partial charge is 0.372 e. The molecule has 142 valence electrons. The predicted molar refractivity (Wildman–Crippen MR) is 113 cm³/mol. The van der Waals surface area contributed by atoms with Gasteiger partial charge in [0.1, 0.15) is 5.82 Å². The number of carbonyl (C=O) groups excluding carboxylic acids is 1. The number of urea groups is 1. The van der Waals surface area contributed by atoms with Gasteiger partial charge in [-0.3, -0.25) is 10.2 Å². The number of anilines is 3. The van der Waals surface area contributed by atoms with Crippen LogP contribution in [0.2, 0.25) is 0 Å². The molecule has 0 fully saturated rings. The quantitative estimate of drug-likeness (QED) is 0.726. The summed E-state index contributed by atoms with van der Waals surface area (Å²) in [5, 5.41) is 2.88. The summed E-state index contributed by atoms with van der Waals surface area (Å²) in [5.74, 6) is 1.20. The van der Waals surface area contributed by atoms with E-state index < -0.39 is 0 Å². The molecule has 1 aromatic carbocycles. The van der Waals surface area contributed by atoms with Gasteiger partial charge in [-0.15, -0.1) is 0 Å². The Morgan fingerprint density at radius 2 is 1.96 bits per heavy atom. The number of rotatable bonds is 2. The smallest absolute Gasteiger partial charge is 0.328 e. The van der Waals surface area contributed by atoms with Crippen LogP contribution in [0.25, 0.3) is 11.3 Å². The van der Waals surface area contributed by atoms with Crippen molar-refractivity contribution in [2.45, 2.75) is 13.3 Å². The summed E-state index contributed by atoms with van der Waals surface area (Å²) < 4.78 is 0. The molecule has 0 saturated carbocycles. The highest BCUT2D eigenvalue weighted by Gasteiger charge is 2.25. The monoisotopic (exact) mass is 373 g/mol. The minimum Gasteiger partial charge on any atom is -0.372 e. The maximum Gasteiger partial charge on any atom is 0.328 e. The summed E-state index contributed by atoms with van der Waals surface area (Å²) in [6.07, 6.45) is 2.52. The molecule has 2 aromatic heterocycles. The lowest BCUT2D eigenvalue weighted by Crippen LogP contribution is -2.36. The molecule has 2 amide bonds. The van der Waals surface area contributed by atoms with E-state index in [1.165, 1.54) is 5.56 Å². The molecule has 28 heavy (non-hydrogen) atoms. The standard InChI is InChI=1S/C22H23N5O/c1-16-7-5-8-17(15-16)18-10-11-19-21(24-18)27(14-6-13-26(19)2)22(28)25-20-9-3-4-12-23-20/h3-5,7-12,15H,6,13-14H2,1-2H3,(H,23,25,28). The zero-order chi connectivity index (χ0) is 19.5. The van der Waals surface area contributed by atoms with Gasteiger partial charge < -0.3 is 4.90 Å². The SMILES string of the molecule is Cc1cccc(-c2ccc3c(n2)N(C(=O)Nc2ccccn2)CCCN3C)c1. The van der Waals surface area contributed by atoms with Crippen molar-refractivity contribution in [3.8, 4) is 11.3 Å². The number of aromatic nitrogens is 2. The Morgan fingerprint density at radius 1 is 1.07 bits per heavy atom. The van der Waals surface area contributed by atoms with Crippen molar-refractivity contribution in [1.82, 2.24) is 9.97 Å². The highest BCUT2D eigenvalue weighted by molar-refractivity contribution is 6.03. The van der Waals surface area contributed by atoms with Crippen LogP contribution in [0.15, 0.2) is 60.8 Å². The zero-order valence-electron chi connectivity index (χ0n) is 16.1. The second-order valence-corrected chi connectivity index (χ2v) is 6.98. The number of hydrogen-bond acceptors (Lipinski definition) is 4. The molecular formula is C22H23N5O. The van der Waals surface area contributed by atoms with E-state index in [0.717, 1.165) is 29.9 Å². The van der Waals surface area contributed by atoms with Crippen molar-refractivity contribution in [2.75, 3.05) is 35.3 Å². The van der Waals surface area contributed by atoms with Crippen LogP contribution in [0.1, 0.15) is 12.0 Å². The number of nitrogens with zero attached hydrogens (tertiary/aromatic N) is 4. The molecule has 6 nitrogen and oxygen atoms in total. The van der Waals surface area contributed by atoms with Crippen molar-refractivity contribution in [1.29, 1.82) is 0 Å². The van der Waals surface area contributed by atoms with Crippen LogP contribution < -0.4 is 15.1 Å². The number of pyridine rings is 2. The normalized spacial score (nSPS) is 13.6. The number of hydrogen-bond donors (Lipinski definition) is 1. The molecule has 1 N–H and O–H groups in total. The molecule has 0 atom stereocenters. The number of amides is 2. The lowest BCUT2D eigenvalue weighted by Gasteiger charge is -2.24. The molecule has 6 heteroatoms. The van der Waals surface area contributed by atoms with E-state index in [9.17, 15) is 4.79 Å². The van der Waals surface area contributed by atoms with Gasteiger partial charge >= 0.3 is 6.03 Å². The molecule has 0 bridgehead atoms. The summed E-state index contributed by atoms with van der Waals surface area (Å²) in [5.41, 5.74) is 4.02. The molecule has 3 heterocycles. The first-order chi connectivity index (χ1) is 13.6. The van der Waals surface area contributed by atoms with E-state index in [2.05, 4.69) is 34.3 Å². The second-order valence-electron chi connectivity index (χ2n) is 6.98. The molecule has 0 unspecified atom stereocenters. The lowest BCUT2D eigenvalue weighted by atomic mass is 10.1. The number of nitrogens with one attached hydrogen (secondary N) is 1. The molecule has 0 radical (unpaired) electrons. The first-order valence-electron chi connectivity index (χ1n) is 9.40. The van der Waals surface area contributed by atoms with E-state index >= 15 is 0 Å². The average Bonchev–Trinajstić information content (AvgIpc) is 2.87. The topological polar surface area (TPSA) is 61.4 Å². The zero-order valence-corrected chi connectivity index (χ0v) is 16.1. The van der Waals surface area contributed by atoms with Gasteiger partial charge in [-0.05, 0) is 43.7 Å². The molecule has 1 aliphatic heterocycles. The third-order valence-electron chi connectivity index (χ3n) is 4.86. The Bertz CT molecular complexity index is 989. The van der Waals surface area contributed by atoms with Crippen LogP contribution in [-0.2, 0) is 0 Å². The fourth-order valence-electron chi connectivity index (χ4n) is 3.41. The fourth-order valence-corrected chi connectivity index (χ4v) is 3.41. The summed E-state index contributed by atoms with van der Waals surface area (Å²) in [4.78, 5) is 25.9. The minimum absolute atomic E-state index is 0.218. The Hall–Kier alpha value is -3.41. The van der Waals surface area contributed by atoms with Crippen LogP contribution in [0, 0.1) is 6.92 Å². The summed E-state index contributed by atoms with van der Waals surface area (Å²) >= 11 is 0. The van der Waals surface area contributed by atoms with Crippen molar-refractivity contribution in [3.63, 3.8) is 0 Å². The third kappa shape index (κ3) is 3.67. The van der Waals surface area contributed by atoms with Crippen molar-refractivity contribution in [2.24, 2.45) is 0 Å². The third-order valence-corrected chi connectivity index (χ3v) is 4.86. The van der Waals surface area contributed by atoms with Crippen LogP contribution in [0.3, 0.4) is 0 Å². The first-order valence-corrected chi connectivity index (χ1v) is 9.40. The van der Waals surface area contributed by atoms with Crippen molar-refractivity contribution in [3.05, 3.63) is 66.4 Å². The first kappa shape index (κ1) is 18.0. The number of benzene rings is 1. The van der Waals surface area contributed by atoms with Gasteiger partial charge in [0.2, 0.25) is 0 Å². The number of aryl methyl sites for hydroxylation is 1. The van der Waals surface area contributed by atoms with Gasteiger partial charge in [0, 0.05) is 31.9 Å². The molecule has 0 aliphatic carbocycles. The van der Waals surface area contributed by atoms with Gasteiger partial charge in [0.15, 0.2) is 5.82 Å². The fraction of sp³-hybridized carbons (Fsp3) is 0.227. The number of fused-ring (bicyclic) bond motifs is 1. The van der Waals surface area contributed by atoms with Gasteiger partial charge in [0.05, 0.1) is 11.4 Å². The molecule has 0 saturated heterocycles. The summed E-state index contributed by atoms with van der Waals surface area (Å²) in [7, 11) is 2.03. The van der Waals surface area contributed by atoms with Crippen LogP contribution in [-0.4, -0.2) is 36.1 Å². The Labute approximate surface area is 164 Å². The van der Waals surface area contributed by atoms with Crippen LogP contribution in [0.4, 0.5) is 22.1 Å². The van der Waals surface area contributed by atoms with Crippen LogP contribution >= 0.6 is 0 Å². The van der Waals surface area contributed by atoms with Gasteiger partial charge in [-0.25, -0.2) is 14.8 Å². The Morgan fingerprint density at radius 3 is 2.75 bits per heavy atom. The van der Waals surface area contributed by atoms with Gasteiger partial charge in [-0.2, -0.15) is 0 Å².